The highest BCUT2D eigenvalue weighted by Gasteiger charge is 2.39. The number of methoxy groups -OCH3 is 1. The fraction of sp³-hybridized carbons (Fsp3) is 0.480. The van der Waals surface area contributed by atoms with Crippen LogP contribution in [-0.4, -0.2) is 19.7 Å². The molecule has 1 aliphatic heterocycles. The lowest BCUT2D eigenvalue weighted by molar-refractivity contribution is -0.145. The largest absolute Gasteiger partial charge is 0.485 e. The van der Waals surface area contributed by atoms with Gasteiger partial charge >= 0.3 is 5.97 Å². The van der Waals surface area contributed by atoms with Crippen molar-refractivity contribution in [2.75, 3.05) is 13.7 Å². The molecule has 1 aliphatic carbocycles. The molecule has 0 spiro atoms. The van der Waals surface area contributed by atoms with Crippen LogP contribution in [0.1, 0.15) is 59.6 Å². The molecule has 2 aromatic rings. The molecule has 3 atom stereocenters. The number of rotatable bonds is 5. The SMILES string of the molecule is COC(=O)[C@@H](C)[C@H](c1ccc2c(c1)OC(c1cc(C)c(C)cc1C)CO2)C1CC1. The van der Waals surface area contributed by atoms with Crippen LogP contribution in [0.2, 0.25) is 0 Å². The Bertz CT molecular complexity index is 929. The van der Waals surface area contributed by atoms with Crippen molar-refractivity contribution in [2.45, 2.75) is 52.6 Å². The third-order valence-electron chi connectivity index (χ3n) is 6.48. The number of aryl methyl sites for hydroxylation is 3. The molecule has 2 aliphatic rings. The number of esters is 1. The normalized spacial score (nSPS) is 20.1. The first kappa shape index (κ1) is 19.8. The molecule has 154 valence electrons. The lowest BCUT2D eigenvalue weighted by atomic mass is 9.83. The summed E-state index contributed by atoms with van der Waals surface area (Å²) in [6.45, 7) is 8.85. The van der Waals surface area contributed by atoms with Crippen LogP contribution in [0.25, 0.3) is 0 Å². The van der Waals surface area contributed by atoms with Gasteiger partial charge in [0.2, 0.25) is 0 Å². The molecule has 4 rings (SSSR count). The highest BCUT2D eigenvalue weighted by Crippen LogP contribution is 2.49. The van der Waals surface area contributed by atoms with E-state index in [9.17, 15) is 4.79 Å². The van der Waals surface area contributed by atoms with Crippen LogP contribution in [0.15, 0.2) is 30.3 Å². The zero-order chi connectivity index (χ0) is 20.7. The predicted molar refractivity (Wildman–Crippen MR) is 113 cm³/mol. The van der Waals surface area contributed by atoms with Crippen LogP contribution < -0.4 is 9.47 Å². The molecule has 0 bridgehead atoms. The van der Waals surface area contributed by atoms with Gasteiger partial charge in [-0.2, -0.15) is 0 Å². The second kappa shape index (κ2) is 7.74. The molecule has 4 heteroatoms. The van der Waals surface area contributed by atoms with Gasteiger partial charge in [0, 0.05) is 0 Å². The van der Waals surface area contributed by atoms with Crippen LogP contribution in [0.3, 0.4) is 0 Å². The zero-order valence-electron chi connectivity index (χ0n) is 18.0. The van der Waals surface area contributed by atoms with E-state index in [1.807, 2.05) is 13.0 Å². The van der Waals surface area contributed by atoms with Crippen molar-refractivity contribution in [1.29, 1.82) is 0 Å². The second-order valence-corrected chi connectivity index (χ2v) is 8.59. The van der Waals surface area contributed by atoms with Crippen molar-refractivity contribution in [2.24, 2.45) is 11.8 Å². The molecule has 0 amide bonds. The van der Waals surface area contributed by atoms with Gasteiger partial charge in [-0.15, -0.1) is 0 Å². The van der Waals surface area contributed by atoms with E-state index in [1.54, 1.807) is 0 Å². The summed E-state index contributed by atoms with van der Waals surface area (Å²) in [5.41, 5.74) is 6.07. The van der Waals surface area contributed by atoms with Crippen molar-refractivity contribution in [3.05, 3.63) is 58.1 Å². The van der Waals surface area contributed by atoms with E-state index >= 15 is 0 Å². The predicted octanol–water partition coefficient (Wildman–Crippen LogP) is 5.43. The fourth-order valence-corrected chi connectivity index (χ4v) is 4.54. The average Bonchev–Trinajstić information content (AvgIpc) is 3.54. The number of fused-ring (bicyclic) bond motifs is 1. The van der Waals surface area contributed by atoms with Gasteiger partial charge in [-0.25, -0.2) is 0 Å². The molecule has 0 radical (unpaired) electrons. The molecule has 0 saturated heterocycles. The fourth-order valence-electron chi connectivity index (χ4n) is 4.54. The maximum Gasteiger partial charge on any atom is 0.309 e. The first-order valence-corrected chi connectivity index (χ1v) is 10.5. The molecule has 2 aromatic carbocycles. The summed E-state index contributed by atoms with van der Waals surface area (Å²) in [5, 5.41) is 0. The van der Waals surface area contributed by atoms with Gasteiger partial charge in [0.25, 0.3) is 0 Å². The summed E-state index contributed by atoms with van der Waals surface area (Å²) in [7, 11) is 1.46. The first-order valence-electron chi connectivity index (χ1n) is 10.5. The number of benzene rings is 2. The summed E-state index contributed by atoms with van der Waals surface area (Å²) in [6, 6.07) is 10.5. The first-order chi connectivity index (χ1) is 13.9. The van der Waals surface area contributed by atoms with Gasteiger partial charge < -0.3 is 14.2 Å². The lowest BCUT2D eigenvalue weighted by Crippen LogP contribution is -2.24. The summed E-state index contributed by atoms with van der Waals surface area (Å²) in [6.07, 6.45) is 2.19. The van der Waals surface area contributed by atoms with E-state index in [-0.39, 0.29) is 23.9 Å². The molecule has 1 heterocycles. The van der Waals surface area contributed by atoms with Gasteiger partial charge in [0.05, 0.1) is 13.0 Å². The number of ether oxygens (including phenoxy) is 3. The zero-order valence-corrected chi connectivity index (χ0v) is 18.0. The Hall–Kier alpha value is -2.49. The number of carbonyl (C=O) groups is 1. The van der Waals surface area contributed by atoms with Gasteiger partial charge in [0.15, 0.2) is 17.6 Å². The molecular formula is C25H30O4. The minimum atomic E-state index is -0.173. The molecule has 0 aromatic heterocycles. The molecule has 29 heavy (non-hydrogen) atoms. The smallest absolute Gasteiger partial charge is 0.309 e. The minimum Gasteiger partial charge on any atom is -0.485 e. The van der Waals surface area contributed by atoms with E-state index in [0.717, 1.165) is 29.9 Å². The van der Waals surface area contributed by atoms with E-state index in [0.29, 0.717) is 12.5 Å². The standard InChI is InChI=1S/C25H30O4/c1-14-10-16(3)20(11-15(14)2)23-13-28-21-9-8-19(12-22(21)29-23)24(18-6-7-18)17(4)25(26)27-5/h8-12,17-18,23-24H,6-7,13H2,1-5H3/t17-,23?,24-/m0/s1. The highest BCUT2D eigenvalue weighted by molar-refractivity contribution is 5.73. The van der Waals surface area contributed by atoms with Crippen LogP contribution in [0.5, 0.6) is 11.5 Å². The van der Waals surface area contributed by atoms with Crippen LogP contribution in [0, 0.1) is 32.6 Å². The Kier molecular flexibility index (Phi) is 5.28. The molecular weight excluding hydrogens is 364 g/mol. The van der Waals surface area contributed by atoms with E-state index in [2.05, 4.69) is 45.0 Å². The van der Waals surface area contributed by atoms with Gasteiger partial charge in [-0.3, -0.25) is 4.79 Å². The number of hydrogen-bond acceptors (Lipinski definition) is 4. The highest BCUT2D eigenvalue weighted by atomic mass is 16.6. The van der Waals surface area contributed by atoms with Crippen LogP contribution in [0.4, 0.5) is 0 Å². The minimum absolute atomic E-state index is 0.130. The number of hydrogen-bond donors (Lipinski definition) is 0. The van der Waals surface area contributed by atoms with Crippen molar-refractivity contribution in [3.63, 3.8) is 0 Å². The maximum atomic E-state index is 12.2. The van der Waals surface area contributed by atoms with Crippen molar-refractivity contribution in [3.8, 4) is 11.5 Å². The molecule has 1 unspecified atom stereocenters. The third-order valence-corrected chi connectivity index (χ3v) is 6.48. The Morgan fingerprint density at radius 1 is 1.03 bits per heavy atom. The van der Waals surface area contributed by atoms with Crippen molar-refractivity contribution < 1.29 is 19.0 Å². The van der Waals surface area contributed by atoms with Crippen molar-refractivity contribution >= 4 is 5.97 Å². The Morgan fingerprint density at radius 2 is 1.76 bits per heavy atom. The summed E-state index contributed by atoms with van der Waals surface area (Å²) < 4.78 is 17.5. The Labute approximate surface area is 173 Å². The average molecular weight is 395 g/mol. The van der Waals surface area contributed by atoms with Gasteiger partial charge in [-0.1, -0.05) is 25.1 Å². The summed E-state index contributed by atoms with van der Waals surface area (Å²) >= 11 is 0. The monoisotopic (exact) mass is 394 g/mol. The van der Waals surface area contributed by atoms with E-state index < -0.39 is 0 Å². The summed E-state index contributed by atoms with van der Waals surface area (Å²) in [4.78, 5) is 12.2. The Balaban J connectivity index is 1.63. The quantitative estimate of drug-likeness (QED) is 0.635. The third kappa shape index (κ3) is 3.85. The van der Waals surface area contributed by atoms with Crippen LogP contribution >= 0.6 is 0 Å². The van der Waals surface area contributed by atoms with Gasteiger partial charge in [-0.05, 0) is 85.4 Å². The van der Waals surface area contributed by atoms with Gasteiger partial charge in [0.1, 0.15) is 6.61 Å². The molecule has 4 nitrogen and oxygen atoms in total. The molecule has 0 N–H and O–H groups in total. The number of carbonyl (C=O) groups excluding carboxylic acids is 1. The van der Waals surface area contributed by atoms with Crippen molar-refractivity contribution in [1.82, 2.24) is 0 Å². The lowest BCUT2D eigenvalue weighted by Gasteiger charge is -2.30. The molecule has 1 saturated carbocycles. The van der Waals surface area contributed by atoms with E-state index in [4.69, 9.17) is 14.2 Å². The Morgan fingerprint density at radius 3 is 2.45 bits per heavy atom. The second-order valence-electron chi connectivity index (χ2n) is 8.59. The van der Waals surface area contributed by atoms with E-state index in [1.165, 1.54) is 29.4 Å². The topological polar surface area (TPSA) is 44.8 Å². The maximum absolute atomic E-state index is 12.2. The molecule has 1 fully saturated rings. The summed E-state index contributed by atoms with van der Waals surface area (Å²) in [5.74, 6) is 1.89. The van der Waals surface area contributed by atoms with Crippen LogP contribution in [-0.2, 0) is 9.53 Å².